The van der Waals surface area contributed by atoms with E-state index >= 15 is 0 Å². The van der Waals surface area contributed by atoms with Crippen molar-refractivity contribution in [2.45, 2.75) is 20.0 Å². The van der Waals surface area contributed by atoms with E-state index in [1.165, 1.54) is 28.8 Å². The van der Waals surface area contributed by atoms with E-state index in [0.717, 1.165) is 11.0 Å². The third kappa shape index (κ3) is 3.93. The fourth-order valence-corrected chi connectivity index (χ4v) is 3.84. The number of amides is 4. The van der Waals surface area contributed by atoms with Crippen LogP contribution in [0.3, 0.4) is 0 Å². The number of barbiturate groups is 1. The number of alkyl halides is 3. The van der Waals surface area contributed by atoms with Crippen molar-refractivity contribution in [2.24, 2.45) is 0 Å². The third-order valence-corrected chi connectivity index (χ3v) is 5.34. The number of nitrogens with zero attached hydrogens (tertiary/aromatic N) is 2. The van der Waals surface area contributed by atoms with Gasteiger partial charge in [0.05, 0.1) is 16.9 Å². The van der Waals surface area contributed by atoms with E-state index in [4.69, 9.17) is 0 Å². The second-order valence-electron chi connectivity index (χ2n) is 7.47. The summed E-state index contributed by atoms with van der Waals surface area (Å²) < 4.78 is 42.1. The van der Waals surface area contributed by atoms with Crippen molar-refractivity contribution in [1.29, 1.82) is 0 Å². The van der Waals surface area contributed by atoms with Crippen LogP contribution in [0.15, 0.2) is 66.2 Å². The van der Waals surface area contributed by atoms with Gasteiger partial charge in [0, 0.05) is 11.4 Å². The number of nitrogens with one attached hydrogen (secondary N) is 1. The Hall–Kier alpha value is -4.14. The molecule has 0 radical (unpaired) electrons. The molecule has 4 rings (SSSR count). The van der Waals surface area contributed by atoms with Crippen LogP contribution in [0.4, 0.5) is 23.7 Å². The van der Waals surface area contributed by atoms with Gasteiger partial charge in [-0.3, -0.25) is 14.9 Å². The predicted molar refractivity (Wildman–Crippen MR) is 116 cm³/mol. The average molecular weight is 453 g/mol. The van der Waals surface area contributed by atoms with Crippen LogP contribution in [0.5, 0.6) is 0 Å². The summed E-state index contributed by atoms with van der Waals surface area (Å²) in [4.78, 5) is 38.6. The second kappa shape index (κ2) is 8.09. The second-order valence-corrected chi connectivity index (χ2v) is 7.47. The molecule has 1 aliphatic rings. The number of anilines is 1. The molecule has 9 heteroatoms. The molecule has 4 amide bonds. The van der Waals surface area contributed by atoms with E-state index in [2.05, 4.69) is 5.32 Å². The molecule has 1 aromatic heterocycles. The first kappa shape index (κ1) is 22.1. The molecular weight excluding hydrogens is 435 g/mol. The standard InChI is InChI=1S/C24H18F3N3O3/c1-14-12-16(15(2)29(14)20-11-7-6-10-19(20)24(25,26)27)13-18-21(31)28-23(33)30(22(18)32)17-8-4-3-5-9-17/h3-13H,1-2H3,(H,28,31,33). The van der Waals surface area contributed by atoms with Gasteiger partial charge in [0.25, 0.3) is 11.8 Å². The molecular formula is C24H18F3N3O3. The Kier molecular flexibility index (Phi) is 5.41. The fraction of sp³-hybridized carbons (Fsp3) is 0.125. The molecule has 2 heterocycles. The Morgan fingerprint density at radius 3 is 2.21 bits per heavy atom. The van der Waals surface area contributed by atoms with Gasteiger partial charge in [-0.15, -0.1) is 0 Å². The number of benzene rings is 2. The van der Waals surface area contributed by atoms with Crippen LogP contribution in [0.2, 0.25) is 0 Å². The Labute approximate surface area is 186 Å². The van der Waals surface area contributed by atoms with Crippen molar-refractivity contribution < 1.29 is 27.6 Å². The first-order valence-electron chi connectivity index (χ1n) is 9.91. The average Bonchev–Trinajstić information content (AvgIpc) is 3.04. The topological polar surface area (TPSA) is 71.4 Å². The number of hydrogen-bond acceptors (Lipinski definition) is 3. The van der Waals surface area contributed by atoms with Crippen molar-refractivity contribution in [3.63, 3.8) is 0 Å². The molecule has 1 N–H and O–H groups in total. The molecule has 6 nitrogen and oxygen atoms in total. The SMILES string of the molecule is Cc1cc(C=C2C(=O)NC(=O)N(c3ccccc3)C2=O)c(C)n1-c1ccccc1C(F)(F)F. The summed E-state index contributed by atoms with van der Waals surface area (Å²) in [6.45, 7) is 3.22. The molecule has 33 heavy (non-hydrogen) atoms. The van der Waals surface area contributed by atoms with Crippen molar-refractivity contribution >= 4 is 29.6 Å². The van der Waals surface area contributed by atoms with Gasteiger partial charge in [0.15, 0.2) is 0 Å². The predicted octanol–water partition coefficient (Wildman–Crippen LogP) is 4.78. The van der Waals surface area contributed by atoms with Gasteiger partial charge in [0.1, 0.15) is 5.57 Å². The molecule has 0 spiro atoms. The maximum Gasteiger partial charge on any atom is 0.418 e. The maximum absolute atomic E-state index is 13.6. The van der Waals surface area contributed by atoms with Crippen molar-refractivity contribution in [3.8, 4) is 5.69 Å². The Morgan fingerprint density at radius 1 is 0.909 bits per heavy atom. The third-order valence-electron chi connectivity index (χ3n) is 5.34. The molecule has 168 valence electrons. The summed E-state index contributed by atoms with van der Waals surface area (Å²) in [5.74, 6) is -1.70. The lowest BCUT2D eigenvalue weighted by atomic mass is 10.1. The molecule has 0 aliphatic carbocycles. The number of para-hydroxylation sites is 2. The van der Waals surface area contributed by atoms with Crippen LogP contribution in [0.1, 0.15) is 22.5 Å². The normalized spacial score (nSPS) is 15.8. The minimum atomic E-state index is -4.56. The summed E-state index contributed by atoms with van der Waals surface area (Å²) in [5, 5.41) is 2.13. The van der Waals surface area contributed by atoms with E-state index in [0.29, 0.717) is 17.0 Å². The van der Waals surface area contributed by atoms with Gasteiger partial charge in [-0.2, -0.15) is 13.2 Å². The van der Waals surface area contributed by atoms with E-state index < -0.39 is 29.6 Å². The quantitative estimate of drug-likeness (QED) is 0.458. The van der Waals surface area contributed by atoms with Crippen LogP contribution in [-0.2, 0) is 15.8 Å². The largest absolute Gasteiger partial charge is 0.418 e. The van der Waals surface area contributed by atoms with Crippen LogP contribution >= 0.6 is 0 Å². The highest BCUT2D eigenvalue weighted by molar-refractivity contribution is 6.39. The monoisotopic (exact) mass is 453 g/mol. The number of rotatable bonds is 3. The summed E-state index contributed by atoms with van der Waals surface area (Å²) in [6.07, 6.45) is -3.27. The fourth-order valence-electron chi connectivity index (χ4n) is 3.84. The molecule has 1 fully saturated rings. The van der Waals surface area contributed by atoms with E-state index in [1.54, 1.807) is 50.2 Å². The van der Waals surface area contributed by atoms with Gasteiger partial charge >= 0.3 is 12.2 Å². The molecule has 1 aliphatic heterocycles. The number of carbonyl (C=O) groups is 3. The van der Waals surface area contributed by atoms with Crippen molar-refractivity contribution in [2.75, 3.05) is 4.90 Å². The number of aromatic nitrogens is 1. The lowest BCUT2D eigenvalue weighted by molar-refractivity contribution is -0.137. The summed E-state index contributed by atoms with van der Waals surface area (Å²) in [7, 11) is 0. The number of urea groups is 1. The van der Waals surface area contributed by atoms with Gasteiger partial charge in [0.2, 0.25) is 0 Å². The maximum atomic E-state index is 13.6. The number of hydrogen-bond donors (Lipinski definition) is 1. The van der Waals surface area contributed by atoms with Gasteiger partial charge < -0.3 is 4.57 Å². The molecule has 1 saturated heterocycles. The van der Waals surface area contributed by atoms with Crippen LogP contribution in [0.25, 0.3) is 11.8 Å². The van der Waals surface area contributed by atoms with E-state index in [-0.39, 0.29) is 16.9 Å². The minimum absolute atomic E-state index is 0.0647. The first-order valence-corrected chi connectivity index (χ1v) is 9.91. The highest BCUT2D eigenvalue weighted by atomic mass is 19.4. The molecule has 0 saturated carbocycles. The molecule has 3 aromatic rings. The number of imide groups is 2. The summed E-state index contributed by atoms with van der Waals surface area (Å²) in [6, 6.07) is 14.0. The smallest absolute Gasteiger partial charge is 0.317 e. The zero-order valence-corrected chi connectivity index (χ0v) is 17.6. The molecule has 0 unspecified atom stereocenters. The highest BCUT2D eigenvalue weighted by Crippen LogP contribution is 2.36. The Morgan fingerprint density at radius 2 is 1.55 bits per heavy atom. The summed E-state index contributed by atoms with van der Waals surface area (Å²) >= 11 is 0. The van der Waals surface area contributed by atoms with Gasteiger partial charge in [-0.05, 0) is 55.8 Å². The minimum Gasteiger partial charge on any atom is -0.317 e. The van der Waals surface area contributed by atoms with Crippen LogP contribution < -0.4 is 10.2 Å². The number of halogens is 3. The first-order chi connectivity index (χ1) is 15.6. The Balaban J connectivity index is 1.81. The van der Waals surface area contributed by atoms with Gasteiger partial charge in [-0.1, -0.05) is 30.3 Å². The molecule has 0 atom stereocenters. The lowest BCUT2D eigenvalue weighted by Gasteiger charge is -2.26. The van der Waals surface area contributed by atoms with E-state index in [1.807, 2.05) is 0 Å². The molecule has 2 aromatic carbocycles. The molecule has 0 bridgehead atoms. The van der Waals surface area contributed by atoms with Crippen LogP contribution in [-0.4, -0.2) is 22.4 Å². The number of carbonyl (C=O) groups excluding carboxylic acids is 3. The Bertz CT molecular complexity index is 1310. The van der Waals surface area contributed by atoms with Gasteiger partial charge in [-0.25, -0.2) is 9.69 Å². The zero-order chi connectivity index (χ0) is 23.9. The highest BCUT2D eigenvalue weighted by Gasteiger charge is 2.37. The van der Waals surface area contributed by atoms with Crippen molar-refractivity contribution in [3.05, 3.63) is 88.8 Å². The van der Waals surface area contributed by atoms with Crippen LogP contribution in [0, 0.1) is 13.8 Å². The number of aryl methyl sites for hydroxylation is 1. The lowest BCUT2D eigenvalue weighted by Crippen LogP contribution is -2.54. The zero-order valence-electron chi connectivity index (χ0n) is 17.6. The summed E-state index contributed by atoms with van der Waals surface area (Å²) in [5.41, 5.74) is 0.371. The van der Waals surface area contributed by atoms with Crippen molar-refractivity contribution in [1.82, 2.24) is 9.88 Å². The van der Waals surface area contributed by atoms with E-state index in [9.17, 15) is 27.6 Å².